The molecule has 4 heterocycles. The van der Waals surface area contributed by atoms with Gasteiger partial charge in [0.2, 0.25) is 0 Å². The lowest BCUT2D eigenvalue weighted by Crippen LogP contribution is -2.40. The zero-order valence-electron chi connectivity index (χ0n) is 20.5. The second kappa shape index (κ2) is 10.1. The number of ether oxygens (including phenoxy) is 1. The van der Waals surface area contributed by atoms with Crippen molar-refractivity contribution >= 4 is 10.9 Å². The van der Waals surface area contributed by atoms with Crippen LogP contribution in [0.3, 0.4) is 0 Å². The Bertz CT molecular complexity index is 1320. The number of aromatic amines is 1. The second-order valence-electron chi connectivity index (χ2n) is 9.74. The van der Waals surface area contributed by atoms with Gasteiger partial charge in [-0.05, 0) is 71.8 Å². The van der Waals surface area contributed by atoms with Crippen molar-refractivity contribution in [3.63, 3.8) is 0 Å². The van der Waals surface area contributed by atoms with Crippen molar-refractivity contribution in [3.8, 4) is 0 Å². The fourth-order valence-corrected chi connectivity index (χ4v) is 5.00. The van der Waals surface area contributed by atoms with E-state index in [1.165, 1.54) is 0 Å². The van der Waals surface area contributed by atoms with Gasteiger partial charge in [0.05, 0.1) is 18.4 Å². The zero-order chi connectivity index (χ0) is 24.4. The van der Waals surface area contributed by atoms with Crippen LogP contribution >= 0.6 is 0 Å². The molecule has 0 aliphatic carbocycles. The van der Waals surface area contributed by atoms with Crippen LogP contribution in [0.25, 0.3) is 10.9 Å². The van der Waals surface area contributed by atoms with E-state index in [2.05, 4.69) is 52.2 Å². The van der Waals surface area contributed by atoms with E-state index in [1.807, 2.05) is 30.3 Å². The molecule has 1 saturated heterocycles. The van der Waals surface area contributed by atoms with Crippen molar-refractivity contribution in [2.24, 2.45) is 5.92 Å². The Kier molecular flexibility index (Phi) is 6.79. The highest BCUT2D eigenvalue weighted by atomic mass is 16.5. The van der Waals surface area contributed by atoms with E-state index in [4.69, 9.17) is 9.15 Å². The van der Waals surface area contributed by atoms with Gasteiger partial charge in [-0.2, -0.15) is 0 Å². The molecule has 9 nitrogen and oxygen atoms in total. The molecule has 1 aromatic carbocycles. The Morgan fingerprint density at radius 1 is 1.26 bits per heavy atom. The minimum Gasteiger partial charge on any atom is -0.467 e. The Morgan fingerprint density at radius 3 is 2.89 bits per heavy atom. The Hall–Kier alpha value is -3.30. The predicted octanol–water partition coefficient (Wildman–Crippen LogP) is 3.84. The van der Waals surface area contributed by atoms with Gasteiger partial charge < -0.3 is 14.1 Å². The maximum atomic E-state index is 13.1. The number of hydrogen-bond donors (Lipinski definition) is 1. The first-order valence-electron chi connectivity index (χ1n) is 12.2. The number of H-pyrrole nitrogens is 1. The van der Waals surface area contributed by atoms with Gasteiger partial charge in [0.25, 0.3) is 5.56 Å². The van der Waals surface area contributed by atoms with Crippen molar-refractivity contribution < 1.29 is 9.15 Å². The molecular formula is C26H32N6O3. The molecule has 1 aliphatic rings. The molecule has 1 fully saturated rings. The smallest absolute Gasteiger partial charge is 0.252 e. The lowest BCUT2D eigenvalue weighted by Gasteiger charge is -2.35. The number of benzene rings is 1. The zero-order valence-corrected chi connectivity index (χ0v) is 20.5. The molecule has 0 spiro atoms. The summed E-state index contributed by atoms with van der Waals surface area (Å²) in [6.45, 7) is 8.76. The highest BCUT2D eigenvalue weighted by Gasteiger charge is 2.32. The summed E-state index contributed by atoms with van der Waals surface area (Å²) in [7, 11) is 0. The fraction of sp³-hybridized carbons (Fsp3) is 0.462. The first-order valence-corrected chi connectivity index (χ1v) is 12.2. The molecule has 4 aromatic rings. The molecule has 5 rings (SSSR count). The van der Waals surface area contributed by atoms with Gasteiger partial charge in [-0.3, -0.25) is 9.69 Å². The summed E-state index contributed by atoms with van der Waals surface area (Å²) >= 11 is 0. The first kappa shape index (κ1) is 23.4. The van der Waals surface area contributed by atoms with Gasteiger partial charge in [0.1, 0.15) is 12.3 Å². The van der Waals surface area contributed by atoms with E-state index in [0.29, 0.717) is 19.6 Å². The summed E-state index contributed by atoms with van der Waals surface area (Å²) in [6.07, 6.45) is 3.83. The van der Waals surface area contributed by atoms with E-state index >= 15 is 0 Å². The van der Waals surface area contributed by atoms with E-state index in [9.17, 15) is 4.79 Å². The predicted molar refractivity (Wildman–Crippen MR) is 132 cm³/mol. The van der Waals surface area contributed by atoms with Crippen LogP contribution in [0.4, 0.5) is 0 Å². The number of hydrogen-bond acceptors (Lipinski definition) is 7. The molecule has 2 atom stereocenters. The third-order valence-electron chi connectivity index (χ3n) is 6.65. The van der Waals surface area contributed by atoms with E-state index in [0.717, 1.165) is 53.1 Å². The fourth-order valence-electron chi connectivity index (χ4n) is 5.00. The van der Waals surface area contributed by atoms with Crippen molar-refractivity contribution in [1.82, 2.24) is 30.1 Å². The number of nitrogens with zero attached hydrogens (tertiary/aromatic N) is 5. The van der Waals surface area contributed by atoms with Gasteiger partial charge in [-0.25, -0.2) is 4.68 Å². The van der Waals surface area contributed by atoms with Gasteiger partial charge in [-0.1, -0.05) is 25.5 Å². The van der Waals surface area contributed by atoms with Crippen LogP contribution in [0.2, 0.25) is 0 Å². The minimum absolute atomic E-state index is 0.0728. The molecule has 0 radical (unpaired) electrons. The topological polar surface area (TPSA) is 102 Å². The number of fused-ring (bicyclic) bond motifs is 1. The molecule has 3 aromatic heterocycles. The minimum atomic E-state index is -0.114. The first-order chi connectivity index (χ1) is 17.0. The van der Waals surface area contributed by atoms with Crippen molar-refractivity contribution in [1.29, 1.82) is 0 Å². The number of aromatic nitrogens is 5. The number of furan rings is 1. The molecule has 1 aliphatic heterocycles. The van der Waals surface area contributed by atoms with Crippen LogP contribution < -0.4 is 5.56 Å². The van der Waals surface area contributed by atoms with Crippen LogP contribution in [-0.4, -0.2) is 49.3 Å². The summed E-state index contributed by atoms with van der Waals surface area (Å²) in [5.74, 6) is 1.73. The molecule has 0 amide bonds. The average molecular weight is 477 g/mol. The molecule has 184 valence electrons. The molecule has 9 heteroatoms. The maximum absolute atomic E-state index is 13.1. The summed E-state index contributed by atoms with van der Waals surface area (Å²) in [5.41, 5.74) is 2.65. The highest BCUT2D eigenvalue weighted by molar-refractivity contribution is 5.79. The van der Waals surface area contributed by atoms with Crippen LogP contribution in [0.1, 0.15) is 55.4 Å². The normalized spacial score (nSPS) is 17.1. The highest BCUT2D eigenvalue weighted by Crippen LogP contribution is 2.30. The summed E-state index contributed by atoms with van der Waals surface area (Å²) in [6, 6.07) is 11.7. The lowest BCUT2D eigenvalue weighted by molar-refractivity contribution is 0.0384. The standard InChI is InChI=1S/C26H32N6O3/c1-17(2)24(25-28-29-30-32(25)16-22-7-5-11-35-22)31(15-21-6-4-10-34-21)14-20-13-19-12-18(3)8-9-23(19)27-26(20)33/h5,7-9,11-13,17,21,24H,4,6,10,14-16H2,1-3H3,(H,27,33)/t21-,24+/m0/s1. The van der Waals surface area contributed by atoms with Gasteiger partial charge in [0, 0.05) is 30.8 Å². The molecule has 1 N–H and O–H groups in total. The van der Waals surface area contributed by atoms with Gasteiger partial charge in [-0.15, -0.1) is 5.10 Å². The molecule has 35 heavy (non-hydrogen) atoms. The van der Waals surface area contributed by atoms with Crippen LogP contribution in [0.15, 0.2) is 51.9 Å². The lowest BCUT2D eigenvalue weighted by atomic mass is 9.99. The summed E-state index contributed by atoms with van der Waals surface area (Å²) in [5, 5.41) is 13.7. The maximum Gasteiger partial charge on any atom is 0.252 e. The molecule has 0 saturated carbocycles. The second-order valence-corrected chi connectivity index (χ2v) is 9.74. The van der Waals surface area contributed by atoms with Crippen LogP contribution in [0, 0.1) is 12.8 Å². The number of aryl methyl sites for hydroxylation is 1. The Labute approximate surface area is 204 Å². The SMILES string of the molecule is Cc1ccc2[nH]c(=O)c(CN(C[C@@H]3CCCO3)[C@@H](c3nnnn3Cc3ccco3)C(C)C)cc2c1. The van der Waals surface area contributed by atoms with Crippen molar-refractivity contribution in [3.05, 3.63) is 75.7 Å². The Morgan fingerprint density at radius 2 is 2.14 bits per heavy atom. The summed E-state index contributed by atoms with van der Waals surface area (Å²) < 4.78 is 13.3. The third kappa shape index (κ3) is 5.21. The molecule has 0 bridgehead atoms. The van der Waals surface area contributed by atoms with Gasteiger partial charge in [0.15, 0.2) is 5.82 Å². The van der Waals surface area contributed by atoms with Crippen molar-refractivity contribution in [2.45, 2.75) is 58.8 Å². The van der Waals surface area contributed by atoms with Crippen LogP contribution in [-0.2, 0) is 17.8 Å². The number of nitrogens with one attached hydrogen (secondary N) is 1. The van der Waals surface area contributed by atoms with E-state index in [1.54, 1.807) is 10.9 Å². The largest absolute Gasteiger partial charge is 0.467 e. The summed E-state index contributed by atoms with van der Waals surface area (Å²) in [4.78, 5) is 18.4. The van der Waals surface area contributed by atoms with E-state index < -0.39 is 0 Å². The van der Waals surface area contributed by atoms with Gasteiger partial charge >= 0.3 is 0 Å². The molecular weight excluding hydrogens is 444 g/mol. The average Bonchev–Trinajstić information content (AvgIpc) is 3.59. The quantitative estimate of drug-likeness (QED) is 0.391. The van der Waals surface area contributed by atoms with Crippen molar-refractivity contribution in [2.75, 3.05) is 13.2 Å². The monoisotopic (exact) mass is 476 g/mol. The van der Waals surface area contributed by atoms with E-state index in [-0.39, 0.29) is 23.6 Å². The Balaban J connectivity index is 1.51. The third-order valence-corrected chi connectivity index (χ3v) is 6.65. The number of rotatable bonds is 9. The molecule has 0 unspecified atom stereocenters. The van der Waals surface area contributed by atoms with Crippen LogP contribution in [0.5, 0.6) is 0 Å². The number of pyridine rings is 1. The number of tetrazole rings is 1.